The lowest BCUT2D eigenvalue weighted by atomic mass is 10.1. The Balaban J connectivity index is 1.65. The molecule has 1 aromatic heterocycles. The van der Waals surface area contributed by atoms with E-state index in [1.54, 1.807) is 14.2 Å². The van der Waals surface area contributed by atoms with Crippen LogP contribution in [0, 0.1) is 6.92 Å². The highest BCUT2D eigenvalue weighted by Crippen LogP contribution is 2.35. The first kappa shape index (κ1) is 20.5. The summed E-state index contributed by atoms with van der Waals surface area (Å²) < 4.78 is 10.5. The fraction of sp³-hybridized carbons (Fsp3) is 0.200. The average Bonchev–Trinajstić information content (AvgIpc) is 2.79. The van der Waals surface area contributed by atoms with Crippen molar-refractivity contribution in [3.05, 3.63) is 71.8 Å². The molecule has 0 saturated carbocycles. The number of alkyl carbamates (subject to hydrolysis) is 1. The summed E-state index contributed by atoms with van der Waals surface area (Å²) in [6.07, 6.45) is 0.245. The largest absolute Gasteiger partial charge is 0.497 e. The van der Waals surface area contributed by atoms with Gasteiger partial charge in [0.2, 0.25) is 0 Å². The lowest BCUT2D eigenvalue weighted by Crippen LogP contribution is -2.20. The summed E-state index contributed by atoms with van der Waals surface area (Å²) >= 11 is 0. The molecular formula is C25H25N3O3. The monoisotopic (exact) mass is 415 g/mol. The van der Waals surface area contributed by atoms with Gasteiger partial charge >= 0.3 is 6.09 Å². The Labute approximate surface area is 181 Å². The molecule has 1 amide bonds. The molecule has 0 bridgehead atoms. The molecule has 3 aromatic carbocycles. The Morgan fingerprint density at radius 3 is 2.39 bits per heavy atom. The number of rotatable bonds is 6. The van der Waals surface area contributed by atoms with Gasteiger partial charge < -0.3 is 20.1 Å². The predicted octanol–water partition coefficient (Wildman–Crippen LogP) is 5.35. The molecule has 0 aliphatic heterocycles. The van der Waals surface area contributed by atoms with Gasteiger partial charge in [-0.25, -0.2) is 9.78 Å². The van der Waals surface area contributed by atoms with Crippen molar-refractivity contribution in [3.63, 3.8) is 0 Å². The lowest BCUT2D eigenvalue weighted by molar-refractivity contribution is 0.150. The van der Waals surface area contributed by atoms with Crippen LogP contribution in [-0.2, 0) is 11.2 Å². The van der Waals surface area contributed by atoms with Gasteiger partial charge in [0, 0.05) is 36.0 Å². The molecule has 0 unspecified atom stereocenters. The standard InChI is InChI=1S/C25H25N3O3/c1-16-4-10-20-22(14-16)28-23-15-19(30-3)9-11-21(23)24(20)27-18-7-5-17(6-8-18)12-13-31-25(29)26-2/h4-11,14-15H,12-13H2,1-3H3,(H,26,29)(H,27,28). The van der Waals surface area contributed by atoms with Crippen molar-refractivity contribution in [1.82, 2.24) is 10.3 Å². The Morgan fingerprint density at radius 2 is 1.68 bits per heavy atom. The molecule has 0 saturated heterocycles. The number of ether oxygens (including phenoxy) is 2. The van der Waals surface area contributed by atoms with Crippen molar-refractivity contribution in [2.75, 3.05) is 26.1 Å². The number of nitrogens with zero attached hydrogens (tertiary/aromatic N) is 1. The predicted molar refractivity (Wildman–Crippen MR) is 124 cm³/mol. The van der Waals surface area contributed by atoms with E-state index in [2.05, 4.69) is 35.8 Å². The molecule has 0 aliphatic rings. The van der Waals surface area contributed by atoms with Crippen LogP contribution in [0.4, 0.5) is 16.2 Å². The molecule has 0 spiro atoms. The lowest BCUT2D eigenvalue weighted by Gasteiger charge is -2.15. The quantitative estimate of drug-likeness (QED) is 0.416. The summed E-state index contributed by atoms with van der Waals surface area (Å²) in [5, 5.41) is 8.11. The molecular weight excluding hydrogens is 390 g/mol. The number of pyridine rings is 1. The van der Waals surface area contributed by atoms with E-state index in [1.807, 2.05) is 42.5 Å². The number of carbonyl (C=O) groups excluding carboxylic acids is 1. The van der Waals surface area contributed by atoms with Gasteiger partial charge in [-0.3, -0.25) is 0 Å². The van der Waals surface area contributed by atoms with Gasteiger partial charge in [-0.15, -0.1) is 0 Å². The van der Waals surface area contributed by atoms with Gasteiger partial charge in [-0.1, -0.05) is 24.3 Å². The third kappa shape index (κ3) is 4.53. The first-order valence-electron chi connectivity index (χ1n) is 10.2. The summed E-state index contributed by atoms with van der Waals surface area (Å²) in [6, 6.07) is 20.4. The van der Waals surface area contributed by atoms with Crippen molar-refractivity contribution in [1.29, 1.82) is 0 Å². The number of hydrogen-bond donors (Lipinski definition) is 2. The van der Waals surface area contributed by atoms with Gasteiger partial charge in [-0.2, -0.15) is 0 Å². The zero-order valence-electron chi connectivity index (χ0n) is 17.9. The minimum absolute atomic E-state index is 0.341. The summed E-state index contributed by atoms with van der Waals surface area (Å²) in [6.45, 7) is 2.41. The van der Waals surface area contributed by atoms with E-state index in [-0.39, 0.29) is 0 Å². The van der Waals surface area contributed by atoms with E-state index in [0.717, 1.165) is 50.1 Å². The van der Waals surface area contributed by atoms with Crippen molar-refractivity contribution >= 4 is 39.3 Å². The van der Waals surface area contributed by atoms with Gasteiger partial charge in [0.05, 0.1) is 30.4 Å². The Morgan fingerprint density at radius 1 is 0.968 bits per heavy atom. The number of aryl methyl sites for hydroxylation is 1. The molecule has 0 fully saturated rings. The number of benzene rings is 3. The minimum Gasteiger partial charge on any atom is -0.497 e. The first-order chi connectivity index (χ1) is 15.1. The van der Waals surface area contributed by atoms with E-state index >= 15 is 0 Å². The van der Waals surface area contributed by atoms with Crippen molar-refractivity contribution < 1.29 is 14.3 Å². The Kier molecular flexibility index (Phi) is 5.89. The molecule has 6 heteroatoms. The highest BCUT2D eigenvalue weighted by atomic mass is 16.5. The SMILES string of the molecule is CNC(=O)OCCc1ccc(Nc2c3ccc(C)cc3nc3cc(OC)ccc23)cc1. The van der Waals surface area contributed by atoms with Gasteiger partial charge in [0.25, 0.3) is 0 Å². The van der Waals surface area contributed by atoms with Crippen LogP contribution in [0.25, 0.3) is 21.8 Å². The fourth-order valence-corrected chi connectivity index (χ4v) is 3.53. The number of anilines is 2. The molecule has 0 aliphatic carbocycles. The van der Waals surface area contributed by atoms with Crippen LogP contribution in [0.2, 0.25) is 0 Å². The zero-order valence-corrected chi connectivity index (χ0v) is 17.9. The second kappa shape index (κ2) is 8.92. The summed E-state index contributed by atoms with van der Waals surface area (Å²) in [5.74, 6) is 0.779. The van der Waals surface area contributed by atoms with E-state index < -0.39 is 6.09 Å². The number of methoxy groups -OCH3 is 1. The van der Waals surface area contributed by atoms with Gasteiger partial charge in [-0.05, 0) is 48.4 Å². The number of aromatic nitrogens is 1. The summed E-state index contributed by atoms with van der Waals surface area (Å²) in [5.41, 5.74) is 6.06. The second-order valence-corrected chi connectivity index (χ2v) is 7.35. The van der Waals surface area contributed by atoms with Crippen LogP contribution in [0.3, 0.4) is 0 Å². The van der Waals surface area contributed by atoms with Crippen molar-refractivity contribution in [2.24, 2.45) is 0 Å². The molecule has 4 rings (SSSR count). The third-order valence-corrected chi connectivity index (χ3v) is 5.19. The first-order valence-corrected chi connectivity index (χ1v) is 10.2. The number of fused-ring (bicyclic) bond motifs is 2. The minimum atomic E-state index is -0.415. The molecule has 31 heavy (non-hydrogen) atoms. The molecule has 0 atom stereocenters. The van der Waals surface area contributed by atoms with Crippen molar-refractivity contribution in [2.45, 2.75) is 13.3 Å². The molecule has 158 valence electrons. The second-order valence-electron chi connectivity index (χ2n) is 7.35. The zero-order chi connectivity index (χ0) is 21.8. The summed E-state index contributed by atoms with van der Waals surface area (Å²) in [4.78, 5) is 16.0. The molecule has 4 aromatic rings. The van der Waals surface area contributed by atoms with Gasteiger partial charge in [0.1, 0.15) is 5.75 Å². The van der Waals surface area contributed by atoms with Crippen LogP contribution in [0.1, 0.15) is 11.1 Å². The Bertz CT molecular complexity index is 1240. The number of hydrogen-bond acceptors (Lipinski definition) is 5. The molecule has 0 radical (unpaired) electrons. The average molecular weight is 415 g/mol. The third-order valence-electron chi connectivity index (χ3n) is 5.19. The summed E-state index contributed by atoms with van der Waals surface area (Å²) in [7, 11) is 3.21. The van der Waals surface area contributed by atoms with E-state index in [1.165, 1.54) is 0 Å². The van der Waals surface area contributed by atoms with E-state index in [9.17, 15) is 4.79 Å². The van der Waals surface area contributed by atoms with Crippen LogP contribution < -0.4 is 15.4 Å². The maximum atomic E-state index is 11.2. The van der Waals surface area contributed by atoms with Gasteiger partial charge in [0.15, 0.2) is 0 Å². The molecule has 6 nitrogen and oxygen atoms in total. The van der Waals surface area contributed by atoms with Crippen LogP contribution in [-0.4, -0.2) is 31.8 Å². The number of amides is 1. The van der Waals surface area contributed by atoms with Crippen LogP contribution in [0.15, 0.2) is 60.7 Å². The number of carbonyl (C=O) groups is 1. The highest BCUT2D eigenvalue weighted by molar-refractivity contribution is 6.09. The van der Waals surface area contributed by atoms with Crippen molar-refractivity contribution in [3.8, 4) is 5.75 Å². The van der Waals surface area contributed by atoms with Crippen LogP contribution in [0.5, 0.6) is 5.75 Å². The smallest absolute Gasteiger partial charge is 0.406 e. The maximum absolute atomic E-state index is 11.2. The fourth-order valence-electron chi connectivity index (χ4n) is 3.53. The maximum Gasteiger partial charge on any atom is 0.406 e. The topological polar surface area (TPSA) is 72.5 Å². The molecule has 1 heterocycles. The molecule has 2 N–H and O–H groups in total. The van der Waals surface area contributed by atoms with E-state index in [0.29, 0.717) is 13.0 Å². The van der Waals surface area contributed by atoms with E-state index in [4.69, 9.17) is 14.5 Å². The van der Waals surface area contributed by atoms with Crippen LogP contribution >= 0.6 is 0 Å². The number of nitrogens with one attached hydrogen (secondary N) is 2. The normalized spacial score (nSPS) is 10.8. The Hall–Kier alpha value is -3.80. The highest BCUT2D eigenvalue weighted by Gasteiger charge is 2.11.